The van der Waals surface area contributed by atoms with Gasteiger partial charge in [-0.15, -0.1) is 0 Å². The summed E-state index contributed by atoms with van der Waals surface area (Å²) in [5.74, 6) is 1.34. The second kappa shape index (κ2) is 8.86. The quantitative estimate of drug-likeness (QED) is 0.333. The predicted molar refractivity (Wildman–Crippen MR) is 132 cm³/mol. The van der Waals surface area contributed by atoms with Crippen molar-refractivity contribution < 1.29 is 14.3 Å². The van der Waals surface area contributed by atoms with E-state index in [2.05, 4.69) is 4.90 Å². The summed E-state index contributed by atoms with van der Waals surface area (Å²) in [7, 11) is 0. The van der Waals surface area contributed by atoms with Crippen molar-refractivity contribution in [1.82, 2.24) is 4.90 Å². The van der Waals surface area contributed by atoms with Gasteiger partial charge in [-0.3, -0.25) is 9.69 Å². The maximum atomic E-state index is 13.1. The summed E-state index contributed by atoms with van der Waals surface area (Å²) >= 11 is 24.3. The summed E-state index contributed by atoms with van der Waals surface area (Å²) in [4.78, 5) is 15.2. The van der Waals surface area contributed by atoms with Gasteiger partial charge in [-0.2, -0.15) is 0 Å². The minimum absolute atomic E-state index is 0.177. The van der Waals surface area contributed by atoms with Gasteiger partial charge < -0.3 is 9.47 Å². The zero-order valence-corrected chi connectivity index (χ0v) is 20.4. The van der Waals surface area contributed by atoms with Gasteiger partial charge in [0.2, 0.25) is 5.78 Å². The number of carbonyl (C=O) groups excluding carboxylic acids is 1. The standard InChI is InChI=1S/C25H17Cl4NO3/c1-13-24-16(11-30(12-32-24)10-15-3-5-19(27)21(29)7-15)9-17-23(31)22(33-25(13)17)8-14-2-4-18(26)20(28)6-14/h2-9H,10-12H2,1H3/b22-8-. The molecule has 0 saturated heterocycles. The number of Topliss-reactive ketones (excluding diaryl/α,β-unsaturated/α-hetero) is 1. The zero-order valence-electron chi connectivity index (χ0n) is 17.4. The van der Waals surface area contributed by atoms with Gasteiger partial charge in [0.25, 0.3) is 0 Å². The number of halogens is 4. The highest BCUT2D eigenvalue weighted by atomic mass is 35.5. The molecule has 5 rings (SSSR count). The van der Waals surface area contributed by atoms with E-state index in [1.165, 1.54) is 0 Å². The summed E-state index contributed by atoms with van der Waals surface area (Å²) in [5.41, 5.74) is 4.03. The first-order valence-electron chi connectivity index (χ1n) is 10.1. The molecule has 2 heterocycles. The predicted octanol–water partition coefficient (Wildman–Crippen LogP) is 7.58. The van der Waals surface area contributed by atoms with Crippen molar-refractivity contribution in [3.63, 3.8) is 0 Å². The van der Waals surface area contributed by atoms with E-state index in [4.69, 9.17) is 55.9 Å². The molecule has 0 radical (unpaired) electrons. The molecule has 168 valence electrons. The Bertz CT molecular complexity index is 1340. The average Bonchev–Trinajstić information content (AvgIpc) is 3.09. The van der Waals surface area contributed by atoms with Crippen LogP contribution in [0.15, 0.2) is 48.2 Å². The first kappa shape index (κ1) is 22.6. The Kier molecular flexibility index (Phi) is 6.06. The first-order chi connectivity index (χ1) is 15.8. The monoisotopic (exact) mass is 519 g/mol. The highest BCUT2D eigenvalue weighted by Gasteiger charge is 2.33. The smallest absolute Gasteiger partial charge is 0.231 e. The third-order valence-corrected chi connectivity index (χ3v) is 7.11. The van der Waals surface area contributed by atoms with E-state index in [1.54, 1.807) is 30.3 Å². The van der Waals surface area contributed by atoms with Crippen molar-refractivity contribution in [3.05, 3.63) is 96.1 Å². The van der Waals surface area contributed by atoms with E-state index in [0.717, 1.165) is 28.0 Å². The summed E-state index contributed by atoms with van der Waals surface area (Å²) < 4.78 is 12.0. The van der Waals surface area contributed by atoms with Crippen LogP contribution in [-0.2, 0) is 13.1 Å². The molecular formula is C25H17Cl4NO3. The van der Waals surface area contributed by atoms with Crippen molar-refractivity contribution in [2.45, 2.75) is 20.0 Å². The lowest BCUT2D eigenvalue weighted by molar-refractivity contribution is 0.0876. The van der Waals surface area contributed by atoms with E-state index in [9.17, 15) is 4.79 Å². The van der Waals surface area contributed by atoms with E-state index < -0.39 is 0 Å². The molecule has 0 N–H and O–H groups in total. The minimum atomic E-state index is -0.177. The Hall–Kier alpha value is -2.21. The van der Waals surface area contributed by atoms with Crippen LogP contribution in [0.2, 0.25) is 20.1 Å². The summed E-state index contributed by atoms with van der Waals surface area (Å²) in [6, 6.07) is 12.6. The fourth-order valence-corrected chi connectivity index (χ4v) is 4.67. The maximum absolute atomic E-state index is 13.1. The molecule has 0 saturated carbocycles. The van der Waals surface area contributed by atoms with E-state index >= 15 is 0 Å². The van der Waals surface area contributed by atoms with Crippen molar-refractivity contribution in [3.8, 4) is 11.5 Å². The highest BCUT2D eigenvalue weighted by Crippen LogP contribution is 2.43. The lowest BCUT2D eigenvalue weighted by Crippen LogP contribution is -2.32. The average molecular weight is 521 g/mol. The topological polar surface area (TPSA) is 38.8 Å². The van der Waals surface area contributed by atoms with Crippen LogP contribution in [0.1, 0.15) is 32.6 Å². The summed E-state index contributed by atoms with van der Waals surface area (Å²) in [6.07, 6.45) is 1.67. The number of fused-ring (bicyclic) bond motifs is 2. The Balaban J connectivity index is 1.41. The number of allylic oxidation sites excluding steroid dienone is 1. The van der Waals surface area contributed by atoms with Gasteiger partial charge in [0.1, 0.15) is 18.2 Å². The minimum Gasteiger partial charge on any atom is -0.477 e. The molecule has 2 aliphatic rings. The van der Waals surface area contributed by atoms with Gasteiger partial charge >= 0.3 is 0 Å². The lowest BCUT2D eigenvalue weighted by Gasteiger charge is -2.30. The molecule has 0 unspecified atom stereocenters. The molecule has 0 amide bonds. The van der Waals surface area contributed by atoms with Gasteiger partial charge in [0.05, 0.1) is 25.7 Å². The van der Waals surface area contributed by atoms with Gasteiger partial charge in [0.15, 0.2) is 5.76 Å². The molecule has 8 heteroatoms. The molecule has 0 aliphatic carbocycles. The van der Waals surface area contributed by atoms with Crippen LogP contribution >= 0.6 is 46.4 Å². The Labute approximate surface area is 211 Å². The van der Waals surface area contributed by atoms with Crippen LogP contribution in [0.25, 0.3) is 6.08 Å². The fourth-order valence-electron chi connectivity index (χ4n) is 4.05. The molecule has 0 bridgehead atoms. The fraction of sp³-hybridized carbons (Fsp3) is 0.160. The van der Waals surface area contributed by atoms with Crippen molar-refractivity contribution in [2.24, 2.45) is 0 Å². The number of hydrogen-bond donors (Lipinski definition) is 0. The van der Waals surface area contributed by atoms with Crippen LogP contribution in [0.5, 0.6) is 11.5 Å². The van der Waals surface area contributed by atoms with Crippen LogP contribution in [0.3, 0.4) is 0 Å². The molecule has 0 spiro atoms. The van der Waals surface area contributed by atoms with Gasteiger partial charge in [-0.1, -0.05) is 58.5 Å². The van der Waals surface area contributed by atoms with Crippen LogP contribution in [-0.4, -0.2) is 17.4 Å². The highest BCUT2D eigenvalue weighted by molar-refractivity contribution is 6.42. The van der Waals surface area contributed by atoms with Crippen molar-refractivity contribution in [2.75, 3.05) is 6.73 Å². The Morgan fingerprint density at radius 1 is 0.939 bits per heavy atom. The van der Waals surface area contributed by atoms with Crippen molar-refractivity contribution >= 4 is 58.3 Å². The zero-order chi connectivity index (χ0) is 23.3. The third-order valence-electron chi connectivity index (χ3n) is 5.63. The maximum Gasteiger partial charge on any atom is 0.231 e. The molecule has 3 aromatic rings. The van der Waals surface area contributed by atoms with Crippen LogP contribution in [0.4, 0.5) is 0 Å². The number of benzene rings is 3. The molecule has 0 atom stereocenters. The molecule has 4 nitrogen and oxygen atoms in total. The Morgan fingerprint density at radius 3 is 2.39 bits per heavy atom. The number of hydrogen-bond acceptors (Lipinski definition) is 4. The lowest BCUT2D eigenvalue weighted by atomic mass is 10.00. The van der Waals surface area contributed by atoms with E-state index in [0.29, 0.717) is 51.2 Å². The molecule has 33 heavy (non-hydrogen) atoms. The number of nitrogens with zero attached hydrogens (tertiary/aromatic N) is 1. The normalized spacial score (nSPS) is 16.4. The second-order valence-electron chi connectivity index (χ2n) is 7.99. The van der Waals surface area contributed by atoms with Crippen LogP contribution < -0.4 is 9.47 Å². The SMILES string of the molecule is Cc1c2c(cc3c1O/C(=C\c1ccc(Cl)c(Cl)c1)C3=O)CN(Cc1ccc(Cl)c(Cl)c1)CO2. The molecule has 0 fully saturated rings. The molecule has 2 aliphatic heterocycles. The number of ketones is 1. The number of ether oxygens (including phenoxy) is 2. The number of carbonyl (C=O) groups is 1. The summed E-state index contributed by atoms with van der Waals surface area (Å²) in [5, 5.41) is 1.91. The summed E-state index contributed by atoms with van der Waals surface area (Å²) in [6.45, 7) is 3.58. The molecule has 0 aromatic heterocycles. The van der Waals surface area contributed by atoms with Gasteiger partial charge in [-0.25, -0.2) is 0 Å². The first-order valence-corrected chi connectivity index (χ1v) is 11.7. The van der Waals surface area contributed by atoms with Gasteiger partial charge in [0, 0.05) is 24.2 Å². The van der Waals surface area contributed by atoms with E-state index in [1.807, 2.05) is 25.1 Å². The van der Waals surface area contributed by atoms with Crippen molar-refractivity contribution in [1.29, 1.82) is 0 Å². The van der Waals surface area contributed by atoms with Gasteiger partial charge in [-0.05, 0) is 54.5 Å². The third kappa shape index (κ3) is 4.34. The largest absolute Gasteiger partial charge is 0.477 e. The Morgan fingerprint density at radius 2 is 1.67 bits per heavy atom. The second-order valence-corrected chi connectivity index (χ2v) is 9.62. The number of rotatable bonds is 3. The molecular weight excluding hydrogens is 504 g/mol. The van der Waals surface area contributed by atoms with Crippen LogP contribution in [0, 0.1) is 6.92 Å². The van der Waals surface area contributed by atoms with E-state index in [-0.39, 0.29) is 11.5 Å². The molecule has 3 aromatic carbocycles.